The number of likely N-dealkylation sites (tertiary alicyclic amines) is 1. The Morgan fingerprint density at radius 1 is 1.06 bits per heavy atom. The number of nitrogens with one attached hydrogen (secondary N) is 1. The molecular formula is C29H28FN3O3. The van der Waals surface area contributed by atoms with Crippen LogP contribution >= 0.6 is 0 Å². The van der Waals surface area contributed by atoms with Crippen LogP contribution in [0.4, 0.5) is 4.39 Å². The van der Waals surface area contributed by atoms with E-state index >= 15 is 0 Å². The van der Waals surface area contributed by atoms with E-state index in [1.165, 1.54) is 12.1 Å². The van der Waals surface area contributed by atoms with Crippen molar-refractivity contribution < 1.29 is 18.4 Å². The molecule has 7 heteroatoms. The van der Waals surface area contributed by atoms with Crippen molar-refractivity contribution >= 4 is 22.9 Å². The molecule has 184 valence electrons. The number of fused-ring (bicyclic) bond motifs is 1. The van der Waals surface area contributed by atoms with Gasteiger partial charge in [0.1, 0.15) is 11.3 Å². The zero-order valence-electron chi connectivity index (χ0n) is 20.1. The van der Waals surface area contributed by atoms with Crippen LogP contribution in [0.15, 0.2) is 77.2 Å². The van der Waals surface area contributed by atoms with Crippen molar-refractivity contribution in [2.45, 2.75) is 26.3 Å². The van der Waals surface area contributed by atoms with Crippen LogP contribution in [0.25, 0.3) is 22.6 Å². The fourth-order valence-electron chi connectivity index (χ4n) is 4.76. The summed E-state index contributed by atoms with van der Waals surface area (Å²) in [6.45, 7) is 3.41. The van der Waals surface area contributed by atoms with Gasteiger partial charge in [-0.05, 0) is 66.8 Å². The average Bonchev–Trinajstić information content (AvgIpc) is 3.35. The van der Waals surface area contributed by atoms with E-state index in [1.807, 2.05) is 48.2 Å². The van der Waals surface area contributed by atoms with Crippen LogP contribution < -0.4 is 5.32 Å². The van der Waals surface area contributed by atoms with Crippen LogP contribution in [-0.4, -0.2) is 34.8 Å². The van der Waals surface area contributed by atoms with Crippen LogP contribution in [0.3, 0.4) is 0 Å². The Kier molecular flexibility index (Phi) is 6.80. The van der Waals surface area contributed by atoms with Crippen molar-refractivity contribution in [1.29, 1.82) is 0 Å². The van der Waals surface area contributed by atoms with Crippen LogP contribution in [-0.2, 0) is 11.3 Å². The molecule has 1 unspecified atom stereocenters. The summed E-state index contributed by atoms with van der Waals surface area (Å²) in [5, 5.41) is 2.91. The summed E-state index contributed by atoms with van der Waals surface area (Å²) < 4.78 is 19.3. The number of carbonyl (C=O) groups excluding carboxylic acids is 2. The topological polar surface area (TPSA) is 75.4 Å². The number of oxazole rings is 1. The SMILES string of the molecule is CC(C(=O)NCc1cccc(F)c1)C1CCN(C(=O)c2ccc3nc(-c4ccccc4)oc3c2)CC1. The van der Waals surface area contributed by atoms with E-state index in [9.17, 15) is 14.0 Å². The van der Waals surface area contributed by atoms with Gasteiger partial charge in [0.25, 0.3) is 5.91 Å². The molecule has 36 heavy (non-hydrogen) atoms. The van der Waals surface area contributed by atoms with Crippen molar-refractivity contribution in [3.05, 3.63) is 89.7 Å². The highest BCUT2D eigenvalue weighted by Crippen LogP contribution is 2.28. The first kappa shape index (κ1) is 23.7. The predicted octanol–water partition coefficient (Wildman–Crippen LogP) is 5.44. The first-order valence-corrected chi connectivity index (χ1v) is 12.3. The highest BCUT2D eigenvalue weighted by molar-refractivity contribution is 5.97. The lowest BCUT2D eigenvalue weighted by Gasteiger charge is -2.34. The number of hydrogen-bond acceptors (Lipinski definition) is 4. The summed E-state index contributed by atoms with van der Waals surface area (Å²) >= 11 is 0. The number of nitrogens with zero attached hydrogens (tertiary/aromatic N) is 2. The smallest absolute Gasteiger partial charge is 0.253 e. The molecule has 1 aliphatic heterocycles. The molecule has 1 aromatic heterocycles. The molecule has 4 aromatic rings. The van der Waals surface area contributed by atoms with Gasteiger partial charge in [-0.3, -0.25) is 9.59 Å². The molecule has 3 aromatic carbocycles. The minimum atomic E-state index is -0.314. The van der Waals surface area contributed by atoms with Crippen molar-refractivity contribution in [2.75, 3.05) is 13.1 Å². The molecule has 6 nitrogen and oxygen atoms in total. The second kappa shape index (κ2) is 10.3. The molecule has 1 saturated heterocycles. The molecule has 1 fully saturated rings. The number of benzene rings is 3. The van der Waals surface area contributed by atoms with Gasteiger partial charge in [0.05, 0.1) is 0 Å². The maximum absolute atomic E-state index is 13.4. The Morgan fingerprint density at radius 3 is 2.58 bits per heavy atom. The maximum atomic E-state index is 13.4. The monoisotopic (exact) mass is 485 g/mol. The quantitative estimate of drug-likeness (QED) is 0.395. The van der Waals surface area contributed by atoms with Gasteiger partial charge in [-0.25, -0.2) is 9.37 Å². The fourth-order valence-corrected chi connectivity index (χ4v) is 4.76. The van der Waals surface area contributed by atoms with Gasteiger partial charge < -0.3 is 14.6 Å². The summed E-state index contributed by atoms with van der Waals surface area (Å²) in [5.41, 5.74) is 3.48. The molecule has 5 rings (SSSR count). The van der Waals surface area contributed by atoms with E-state index < -0.39 is 0 Å². The first-order valence-electron chi connectivity index (χ1n) is 12.3. The maximum Gasteiger partial charge on any atom is 0.253 e. The van der Waals surface area contributed by atoms with E-state index in [1.54, 1.807) is 24.3 Å². The van der Waals surface area contributed by atoms with Gasteiger partial charge in [-0.2, -0.15) is 0 Å². The third-order valence-electron chi connectivity index (χ3n) is 6.96. The van der Waals surface area contributed by atoms with Gasteiger partial charge >= 0.3 is 0 Å². The Hall–Kier alpha value is -4.00. The first-order chi connectivity index (χ1) is 17.5. The third-order valence-corrected chi connectivity index (χ3v) is 6.96. The molecule has 1 N–H and O–H groups in total. The fraction of sp³-hybridized carbons (Fsp3) is 0.276. The minimum Gasteiger partial charge on any atom is -0.436 e. The molecule has 1 atom stereocenters. The van der Waals surface area contributed by atoms with E-state index in [-0.39, 0.29) is 29.5 Å². The lowest BCUT2D eigenvalue weighted by Crippen LogP contribution is -2.42. The lowest BCUT2D eigenvalue weighted by atomic mass is 9.84. The molecule has 2 amide bonds. The zero-order chi connectivity index (χ0) is 25.1. The number of hydrogen-bond donors (Lipinski definition) is 1. The van der Waals surface area contributed by atoms with E-state index in [0.29, 0.717) is 42.2 Å². The minimum absolute atomic E-state index is 0.0452. The van der Waals surface area contributed by atoms with Gasteiger partial charge in [-0.15, -0.1) is 0 Å². The summed E-state index contributed by atoms with van der Waals surface area (Å²) in [5.74, 6) is 0.126. The third kappa shape index (κ3) is 5.15. The van der Waals surface area contributed by atoms with Crippen molar-refractivity contribution in [1.82, 2.24) is 15.2 Å². The van der Waals surface area contributed by atoms with Crippen molar-refractivity contribution in [3.8, 4) is 11.5 Å². The second-order valence-electron chi connectivity index (χ2n) is 9.33. The van der Waals surface area contributed by atoms with E-state index in [0.717, 1.165) is 24.0 Å². The summed E-state index contributed by atoms with van der Waals surface area (Å²) in [7, 11) is 0. The second-order valence-corrected chi connectivity index (χ2v) is 9.33. The largest absolute Gasteiger partial charge is 0.436 e. The number of halogens is 1. The molecule has 0 radical (unpaired) electrons. The zero-order valence-corrected chi connectivity index (χ0v) is 20.1. The van der Waals surface area contributed by atoms with Crippen LogP contribution in [0.1, 0.15) is 35.7 Å². The number of rotatable bonds is 6. The van der Waals surface area contributed by atoms with Crippen LogP contribution in [0.2, 0.25) is 0 Å². The molecule has 0 spiro atoms. The standard InChI is InChI=1S/C29H28FN3O3/c1-19(27(34)31-18-20-6-5-9-24(30)16-20)21-12-14-33(15-13-21)29(35)23-10-11-25-26(17-23)36-28(32-25)22-7-3-2-4-8-22/h2-11,16-17,19,21H,12-15,18H2,1H3,(H,31,34). The van der Waals surface area contributed by atoms with Crippen LogP contribution in [0.5, 0.6) is 0 Å². The van der Waals surface area contributed by atoms with E-state index in [4.69, 9.17) is 4.42 Å². The molecule has 2 heterocycles. The molecule has 0 saturated carbocycles. The Labute approximate surface area is 209 Å². The average molecular weight is 486 g/mol. The number of aromatic nitrogens is 1. The Balaban J connectivity index is 1.17. The molecular weight excluding hydrogens is 457 g/mol. The van der Waals surface area contributed by atoms with Crippen molar-refractivity contribution in [2.24, 2.45) is 11.8 Å². The molecule has 1 aliphatic rings. The Morgan fingerprint density at radius 2 is 1.83 bits per heavy atom. The van der Waals surface area contributed by atoms with Crippen molar-refractivity contribution in [3.63, 3.8) is 0 Å². The molecule has 0 bridgehead atoms. The summed E-state index contributed by atoms with van der Waals surface area (Å²) in [4.78, 5) is 32.2. The van der Waals surface area contributed by atoms with Crippen LogP contribution in [0, 0.1) is 17.7 Å². The van der Waals surface area contributed by atoms with Gasteiger partial charge in [0.2, 0.25) is 11.8 Å². The normalized spacial score (nSPS) is 15.1. The summed E-state index contributed by atoms with van der Waals surface area (Å²) in [6, 6.07) is 21.3. The van der Waals surface area contributed by atoms with E-state index in [2.05, 4.69) is 10.3 Å². The predicted molar refractivity (Wildman–Crippen MR) is 135 cm³/mol. The highest BCUT2D eigenvalue weighted by Gasteiger charge is 2.30. The Bertz CT molecular complexity index is 1380. The number of piperidine rings is 1. The number of carbonyl (C=O) groups is 2. The lowest BCUT2D eigenvalue weighted by molar-refractivity contribution is -0.126. The highest BCUT2D eigenvalue weighted by atomic mass is 19.1. The summed E-state index contributed by atoms with van der Waals surface area (Å²) in [6.07, 6.45) is 1.51. The van der Waals surface area contributed by atoms with Gasteiger partial charge in [-0.1, -0.05) is 37.3 Å². The van der Waals surface area contributed by atoms with Gasteiger partial charge in [0, 0.05) is 36.7 Å². The molecule has 0 aliphatic carbocycles. The van der Waals surface area contributed by atoms with Gasteiger partial charge in [0.15, 0.2) is 5.58 Å². The number of amides is 2.